The summed E-state index contributed by atoms with van der Waals surface area (Å²) in [4.78, 5) is 12.6. The number of anilines is 1. The molecule has 28 heavy (non-hydrogen) atoms. The van der Waals surface area contributed by atoms with Crippen LogP contribution in [-0.2, 0) is 4.79 Å². The Bertz CT molecular complexity index is 840. The Morgan fingerprint density at radius 2 is 1.68 bits per heavy atom. The van der Waals surface area contributed by atoms with Gasteiger partial charge in [0.25, 0.3) is 5.91 Å². The molecule has 0 atom stereocenters. The Balaban J connectivity index is 2.17. The lowest BCUT2D eigenvalue weighted by Crippen LogP contribution is -2.22. The normalized spacial score (nSPS) is 10.6. The second kappa shape index (κ2) is 9.80. The van der Waals surface area contributed by atoms with Crippen molar-refractivity contribution in [2.24, 2.45) is 0 Å². The Kier molecular flexibility index (Phi) is 7.45. The highest BCUT2D eigenvalue weighted by molar-refractivity contribution is 5.93. The van der Waals surface area contributed by atoms with Crippen molar-refractivity contribution in [1.82, 2.24) is 0 Å². The summed E-state index contributed by atoms with van der Waals surface area (Å²) in [5.41, 5.74) is 3.56. The zero-order chi connectivity index (χ0) is 20.7. The van der Waals surface area contributed by atoms with E-state index in [4.69, 9.17) is 14.7 Å². The summed E-state index contributed by atoms with van der Waals surface area (Å²) in [5.74, 6) is 1.25. The minimum Gasteiger partial charge on any atom is -0.490 e. The van der Waals surface area contributed by atoms with Crippen molar-refractivity contribution in [3.8, 4) is 17.6 Å². The number of amides is 1. The molecule has 0 radical (unpaired) electrons. The maximum absolute atomic E-state index is 12.6. The van der Waals surface area contributed by atoms with E-state index < -0.39 is 0 Å². The van der Waals surface area contributed by atoms with Crippen molar-refractivity contribution in [1.29, 1.82) is 5.26 Å². The summed E-state index contributed by atoms with van der Waals surface area (Å²) in [6.07, 6.45) is 0. The van der Waals surface area contributed by atoms with Gasteiger partial charge in [0.05, 0.1) is 18.2 Å². The van der Waals surface area contributed by atoms with Gasteiger partial charge in [-0.15, -0.1) is 0 Å². The number of nitriles is 1. The lowest BCUT2D eigenvalue weighted by Gasteiger charge is -2.20. The van der Waals surface area contributed by atoms with Crippen LogP contribution in [-0.4, -0.2) is 19.1 Å². The number of ether oxygens (including phenoxy) is 2. The van der Waals surface area contributed by atoms with Gasteiger partial charge in [0.1, 0.15) is 0 Å². The Hall–Kier alpha value is -3.00. The molecule has 0 aromatic heterocycles. The molecule has 0 aliphatic rings. The molecule has 2 aromatic carbocycles. The van der Waals surface area contributed by atoms with Crippen LogP contribution in [0.1, 0.15) is 63.1 Å². The van der Waals surface area contributed by atoms with Gasteiger partial charge < -0.3 is 14.8 Å². The zero-order valence-corrected chi connectivity index (χ0v) is 17.2. The van der Waals surface area contributed by atoms with E-state index in [0.29, 0.717) is 23.7 Å². The molecule has 0 bridgehead atoms. The van der Waals surface area contributed by atoms with Gasteiger partial charge in [-0.1, -0.05) is 45.9 Å². The maximum atomic E-state index is 12.6. The fraction of sp³-hybridized carbons (Fsp3) is 0.391. The van der Waals surface area contributed by atoms with Crippen molar-refractivity contribution < 1.29 is 14.3 Å². The molecule has 0 saturated carbocycles. The third kappa shape index (κ3) is 5.26. The first-order chi connectivity index (χ1) is 13.4. The molecule has 1 amide bonds. The summed E-state index contributed by atoms with van der Waals surface area (Å²) < 4.78 is 11.2. The first-order valence-corrected chi connectivity index (χ1v) is 9.59. The van der Waals surface area contributed by atoms with Crippen molar-refractivity contribution >= 4 is 11.6 Å². The highest BCUT2D eigenvalue weighted by Gasteiger charge is 2.17. The molecule has 148 valence electrons. The summed E-state index contributed by atoms with van der Waals surface area (Å²) in [6, 6.07) is 13.1. The summed E-state index contributed by atoms with van der Waals surface area (Å²) in [7, 11) is 0. The molecule has 0 aliphatic heterocycles. The van der Waals surface area contributed by atoms with Gasteiger partial charge in [-0.2, -0.15) is 5.26 Å². The van der Waals surface area contributed by atoms with E-state index in [1.165, 1.54) is 0 Å². The predicted molar refractivity (Wildman–Crippen MR) is 111 cm³/mol. The largest absolute Gasteiger partial charge is 0.490 e. The van der Waals surface area contributed by atoms with Crippen LogP contribution in [0.4, 0.5) is 5.69 Å². The Morgan fingerprint density at radius 3 is 2.21 bits per heavy atom. The number of benzene rings is 2. The van der Waals surface area contributed by atoms with Gasteiger partial charge in [0.2, 0.25) is 0 Å². The zero-order valence-electron chi connectivity index (χ0n) is 17.2. The maximum Gasteiger partial charge on any atom is 0.262 e. The molecular formula is C23H28N2O3. The van der Waals surface area contributed by atoms with Crippen LogP contribution in [0.5, 0.6) is 11.5 Å². The fourth-order valence-electron chi connectivity index (χ4n) is 2.98. The van der Waals surface area contributed by atoms with Crippen molar-refractivity contribution in [2.45, 2.75) is 46.5 Å². The van der Waals surface area contributed by atoms with E-state index in [-0.39, 0.29) is 24.3 Å². The van der Waals surface area contributed by atoms with Crippen molar-refractivity contribution in [3.05, 3.63) is 53.1 Å². The van der Waals surface area contributed by atoms with E-state index in [0.717, 1.165) is 16.8 Å². The van der Waals surface area contributed by atoms with Crippen molar-refractivity contribution in [2.75, 3.05) is 18.5 Å². The van der Waals surface area contributed by atoms with Crippen LogP contribution in [0, 0.1) is 11.3 Å². The van der Waals surface area contributed by atoms with E-state index in [9.17, 15) is 4.79 Å². The SMILES string of the molecule is CCOc1cc(C#N)ccc1OCC(=O)Nc1c(C(C)C)cccc1C(C)C. The van der Waals surface area contributed by atoms with Crippen LogP contribution in [0.25, 0.3) is 0 Å². The smallest absolute Gasteiger partial charge is 0.262 e. The molecule has 0 aliphatic carbocycles. The number of para-hydroxylation sites is 1. The Morgan fingerprint density at radius 1 is 1.04 bits per heavy atom. The third-order valence-corrected chi connectivity index (χ3v) is 4.37. The number of hydrogen-bond donors (Lipinski definition) is 1. The van der Waals surface area contributed by atoms with Gasteiger partial charge in [-0.3, -0.25) is 4.79 Å². The summed E-state index contributed by atoms with van der Waals surface area (Å²) in [5, 5.41) is 12.1. The number of nitrogens with one attached hydrogen (secondary N) is 1. The van der Waals surface area contributed by atoms with E-state index >= 15 is 0 Å². The number of nitrogens with zero attached hydrogens (tertiary/aromatic N) is 1. The van der Waals surface area contributed by atoms with E-state index in [1.54, 1.807) is 18.2 Å². The first-order valence-electron chi connectivity index (χ1n) is 9.59. The van der Waals surface area contributed by atoms with E-state index in [2.05, 4.69) is 39.1 Å². The highest BCUT2D eigenvalue weighted by Crippen LogP contribution is 2.32. The predicted octanol–water partition coefficient (Wildman–Crippen LogP) is 5.22. The second-order valence-electron chi connectivity index (χ2n) is 7.16. The lowest BCUT2D eigenvalue weighted by molar-refractivity contribution is -0.118. The molecule has 0 fully saturated rings. The fourth-order valence-corrected chi connectivity index (χ4v) is 2.98. The Labute approximate surface area is 167 Å². The standard InChI is InChI=1S/C23H28N2O3/c1-6-27-21-12-17(13-24)10-11-20(21)28-14-22(26)25-23-18(15(2)3)8-7-9-19(23)16(4)5/h7-12,15-16H,6,14H2,1-5H3,(H,25,26). The summed E-state index contributed by atoms with van der Waals surface area (Å²) >= 11 is 0. The first kappa shape index (κ1) is 21.3. The quantitative estimate of drug-likeness (QED) is 0.681. The van der Waals surface area contributed by atoms with Crippen LogP contribution < -0.4 is 14.8 Å². The number of carbonyl (C=O) groups excluding carboxylic acids is 1. The number of carbonyl (C=O) groups is 1. The number of rotatable bonds is 8. The highest BCUT2D eigenvalue weighted by atomic mass is 16.5. The molecule has 5 heteroatoms. The van der Waals surface area contributed by atoms with Crippen molar-refractivity contribution in [3.63, 3.8) is 0 Å². The van der Waals surface area contributed by atoms with E-state index in [1.807, 2.05) is 25.1 Å². The molecule has 1 N–H and O–H groups in total. The van der Waals surface area contributed by atoms with Gasteiger partial charge in [-0.05, 0) is 42.0 Å². The van der Waals surface area contributed by atoms with Crippen LogP contribution in [0.15, 0.2) is 36.4 Å². The average molecular weight is 380 g/mol. The average Bonchev–Trinajstić information content (AvgIpc) is 2.66. The van der Waals surface area contributed by atoms with Crippen LogP contribution in [0.3, 0.4) is 0 Å². The van der Waals surface area contributed by atoms with Gasteiger partial charge in [0, 0.05) is 11.8 Å². The molecule has 2 rings (SSSR count). The molecule has 0 spiro atoms. The van der Waals surface area contributed by atoms with Crippen LogP contribution in [0.2, 0.25) is 0 Å². The molecule has 2 aromatic rings. The van der Waals surface area contributed by atoms with Gasteiger partial charge in [0.15, 0.2) is 18.1 Å². The molecule has 0 heterocycles. The molecule has 5 nitrogen and oxygen atoms in total. The van der Waals surface area contributed by atoms with Crippen LogP contribution >= 0.6 is 0 Å². The number of hydrogen-bond acceptors (Lipinski definition) is 4. The minimum absolute atomic E-state index is 0.143. The second-order valence-corrected chi connectivity index (χ2v) is 7.16. The lowest BCUT2D eigenvalue weighted by atomic mass is 9.92. The molecular weight excluding hydrogens is 352 g/mol. The minimum atomic E-state index is -0.234. The molecule has 0 unspecified atom stereocenters. The van der Waals surface area contributed by atoms with Gasteiger partial charge in [-0.25, -0.2) is 0 Å². The van der Waals surface area contributed by atoms with Gasteiger partial charge >= 0.3 is 0 Å². The third-order valence-electron chi connectivity index (χ3n) is 4.37. The monoisotopic (exact) mass is 380 g/mol. The molecule has 0 saturated heterocycles. The topological polar surface area (TPSA) is 71.3 Å². The summed E-state index contributed by atoms with van der Waals surface area (Å²) in [6.45, 7) is 10.6.